The van der Waals surface area contributed by atoms with E-state index in [1.54, 1.807) is 18.2 Å². The summed E-state index contributed by atoms with van der Waals surface area (Å²) in [5, 5.41) is 12.6. The fourth-order valence-electron chi connectivity index (χ4n) is 1.66. The quantitative estimate of drug-likeness (QED) is 0.891. The highest BCUT2D eigenvalue weighted by atomic mass is 35.5. The van der Waals surface area contributed by atoms with Gasteiger partial charge in [0.2, 0.25) is 5.91 Å². The molecule has 2 rings (SSSR count). The van der Waals surface area contributed by atoms with E-state index in [4.69, 9.17) is 16.9 Å². The second kappa shape index (κ2) is 5.20. The SMILES string of the molecule is N#CC(CC(=O)NC1CC1)c1cccc(Cl)c1. The maximum Gasteiger partial charge on any atom is 0.221 e. The van der Waals surface area contributed by atoms with Crippen molar-refractivity contribution >= 4 is 17.5 Å². The number of amides is 1. The van der Waals surface area contributed by atoms with E-state index >= 15 is 0 Å². The van der Waals surface area contributed by atoms with Gasteiger partial charge in [0, 0.05) is 17.5 Å². The molecule has 3 nitrogen and oxygen atoms in total. The maximum absolute atomic E-state index is 11.6. The van der Waals surface area contributed by atoms with E-state index in [9.17, 15) is 4.79 Å². The van der Waals surface area contributed by atoms with Crippen LogP contribution in [0.3, 0.4) is 0 Å². The van der Waals surface area contributed by atoms with Gasteiger partial charge in [0.15, 0.2) is 0 Å². The van der Waals surface area contributed by atoms with Crippen LogP contribution in [0.2, 0.25) is 5.02 Å². The van der Waals surface area contributed by atoms with Crippen molar-refractivity contribution in [2.75, 3.05) is 0 Å². The third kappa shape index (κ3) is 3.47. The van der Waals surface area contributed by atoms with Gasteiger partial charge in [-0.25, -0.2) is 0 Å². The molecule has 1 aromatic carbocycles. The molecule has 0 saturated heterocycles. The molecule has 1 N–H and O–H groups in total. The first-order valence-corrected chi connectivity index (χ1v) is 6.01. The molecular weight excluding hydrogens is 236 g/mol. The van der Waals surface area contributed by atoms with Crippen LogP contribution in [-0.4, -0.2) is 11.9 Å². The molecule has 0 bridgehead atoms. The van der Waals surface area contributed by atoms with Crippen LogP contribution in [0.1, 0.15) is 30.7 Å². The topological polar surface area (TPSA) is 52.9 Å². The zero-order chi connectivity index (χ0) is 12.3. The van der Waals surface area contributed by atoms with Gasteiger partial charge in [-0.2, -0.15) is 5.26 Å². The molecule has 1 aliphatic carbocycles. The fourth-order valence-corrected chi connectivity index (χ4v) is 1.86. The lowest BCUT2D eigenvalue weighted by atomic mass is 9.97. The average Bonchev–Trinajstić information content (AvgIpc) is 3.09. The second-order valence-electron chi connectivity index (χ2n) is 4.28. The van der Waals surface area contributed by atoms with Crippen molar-refractivity contribution in [2.24, 2.45) is 0 Å². The smallest absolute Gasteiger partial charge is 0.221 e. The van der Waals surface area contributed by atoms with Gasteiger partial charge in [0.05, 0.1) is 12.0 Å². The van der Waals surface area contributed by atoms with E-state index in [1.807, 2.05) is 6.07 Å². The molecule has 1 unspecified atom stereocenters. The summed E-state index contributed by atoms with van der Waals surface area (Å²) < 4.78 is 0. The van der Waals surface area contributed by atoms with Crippen molar-refractivity contribution < 1.29 is 4.79 Å². The fraction of sp³-hybridized carbons (Fsp3) is 0.385. The normalized spacial score (nSPS) is 16.0. The Labute approximate surface area is 105 Å². The largest absolute Gasteiger partial charge is 0.353 e. The summed E-state index contributed by atoms with van der Waals surface area (Å²) in [4.78, 5) is 11.6. The Bertz CT molecular complexity index is 463. The van der Waals surface area contributed by atoms with Gasteiger partial charge in [-0.3, -0.25) is 4.79 Å². The summed E-state index contributed by atoms with van der Waals surface area (Å²) in [5.74, 6) is -0.480. The molecule has 0 heterocycles. The molecule has 1 aliphatic rings. The van der Waals surface area contributed by atoms with Crippen molar-refractivity contribution in [1.29, 1.82) is 5.26 Å². The predicted octanol–water partition coefficient (Wildman–Crippen LogP) is 2.62. The van der Waals surface area contributed by atoms with Gasteiger partial charge in [0.1, 0.15) is 0 Å². The summed E-state index contributed by atoms with van der Waals surface area (Å²) in [6.07, 6.45) is 2.31. The van der Waals surface area contributed by atoms with Crippen molar-refractivity contribution in [1.82, 2.24) is 5.32 Å². The second-order valence-corrected chi connectivity index (χ2v) is 4.72. The number of benzene rings is 1. The Morgan fingerprint density at radius 1 is 1.59 bits per heavy atom. The molecule has 4 heteroatoms. The van der Waals surface area contributed by atoms with E-state index in [0.717, 1.165) is 18.4 Å². The van der Waals surface area contributed by atoms with Gasteiger partial charge >= 0.3 is 0 Å². The highest BCUT2D eigenvalue weighted by Gasteiger charge is 2.25. The lowest BCUT2D eigenvalue weighted by Gasteiger charge is -2.09. The standard InChI is InChI=1S/C13H13ClN2O/c14-11-3-1-2-9(6-11)10(8-15)7-13(17)16-12-4-5-12/h1-3,6,10,12H,4-5,7H2,(H,16,17). The van der Waals surface area contributed by atoms with Gasteiger partial charge in [-0.05, 0) is 30.5 Å². The molecule has 88 valence electrons. The zero-order valence-corrected chi connectivity index (χ0v) is 10.1. The summed E-state index contributed by atoms with van der Waals surface area (Å²) in [7, 11) is 0. The zero-order valence-electron chi connectivity index (χ0n) is 9.32. The van der Waals surface area contributed by atoms with E-state index < -0.39 is 5.92 Å². The number of carbonyl (C=O) groups excluding carboxylic acids is 1. The predicted molar refractivity (Wildman–Crippen MR) is 65.6 cm³/mol. The Balaban J connectivity index is 2.00. The van der Waals surface area contributed by atoms with Crippen molar-refractivity contribution in [3.8, 4) is 6.07 Å². The molecule has 1 saturated carbocycles. The molecule has 1 fully saturated rings. The van der Waals surface area contributed by atoms with Crippen LogP contribution in [0.5, 0.6) is 0 Å². The van der Waals surface area contributed by atoms with Crippen LogP contribution in [-0.2, 0) is 4.79 Å². The van der Waals surface area contributed by atoms with E-state index in [0.29, 0.717) is 11.1 Å². The Morgan fingerprint density at radius 2 is 2.35 bits per heavy atom. The Hall–Kier alpha value is -1.53. The minimum Gasteiger partial charge on any atom is -0.353 e. The minimum atomic E-state index is -0.424. The number of nitrogens with zero attached hydrogens (tertiary/aromatic N) is 1. The van der Waals surface area contributed by atoms with Gasteiger partial charge < -0.3 is 5.32 Å². The molecule has 0 aromatic heterocycles. The summed E-state index contributed by atoms with van der Waals surface area (Å²) in [6.45, 7) is 0. The van der Waals surface area contributed by atoms with Crippen molar-refractivity contribution in [2.45, 2.75) is 31.2 Å². The highest BCUT2D eigenvalue weighted by molar-refractivity contribution is 6.30. The number of nitrogens with one attached hydrogen (secondary N) is 1. The number of hydrogen-bond donors (Lipinski definition) is 1. The third-order valence-corrected chi connectivity index (χ3v) is 2.97. The van der Waals surface area contributed by atoms with Crippen LogP contribution >= 0.6 is 11.6 Å². The van der Waals surface area contributed by atoms with Crippen LogP contribution < -0.4 is 5.32 Å². The Kier molecular flexibility index (Phi) is 3.65. The van der Waals surface area contributed by atoms with E-state index in [1.165, 1.54) is 0 Å². The van der Waals surface area contributed by atoms with Crippen molar-refractivity contribution in [3.05, 3.63) is 34.9 Å². The minimum absolute atomic E-state index is 0.0565. The number of carbonyl (C=O) groups is 1. The number of hydrogen-bond acceptors (Lipinski definition) is 2. The van der Waals surface area contributed by atoms with Crippen LogP contribution in [0.15, 0.2) is 24.3 Å². The summed E-state index contributed by atoms with van der Waals surface area (Å²) in [5.41, 5.74) is 0.797. The maximum atomic E-state index is 11.6. The third-order valence-electron chi connectivity index (χ3n) is 2.74. The van der Waals surface area contributed by atoms with E-state index in [-0.39, 0.29) is 12.3 Å². The summed E-state index contributed by atoms with van der Waals surface area (Å²) >= 11 is 5.87. The molecule has 1 amide bonds. The van der Waals surface area contributed by atoms with Crippen LogP contribution in [0.25, 0.3) is 0 Å². The monoisotopic (exact) mass is 248 g/mol. The first-order valence-electron chi connectivity index (χ1n) is 5.63. The van der Waals surface area contributed by atoms with E-state index in [2.05, 4.69) is 11.4 Å². The highest BCUT2D eigenvalue weighted by Crippen LogP contribution is 2.23. The lowest BCUT2D eigenvalue weighted by Crippen LogP contribution is -2.26. The molecular formula is C13H13ClN2O. The molecule has 1 aromatic rings. The number of nitriles is 1. The molecule has 0 aliphatic heterocycles. The Morgan fingerprint density at radius 3 is 2.94 bits per heavy atom. The summed E-state index contributed by atoms with van der Waals surface area (Å²) in [6, 6.07) is 9.59. The number of halogens is 1. The average molecular weight is 249 g/mol. The van der Waals surface area contributed by atoms with Crippen LogP contribution in [0.4, 0.5) is 0 Å². The van der Waals surface area contributed by atoms with Gasteiger partial charge in [-0.15, -0.1) is 0 Å². The van der Waals surface area contributed by atoms with Crippen molar-refractivity contribution in [3.63, 3.8) is 0 Å². The molecule has 17 heavy (non-hydrogen) atoms. The first kappa shape index (κ1) is 11.9. The molecule has 0 spiro atoms. The lowest BCUT2D eigenvalue weighted by molar-refractivity contribution is -0.121. The number of rotatable bonds is 4. The van der Waals surface area contributed by atoms with Crippen LogP contribution in [0, 0.1) is 11.3 Å². The first-order chi connectivity index (χ1) is 8.19. The molecule has 1 atom stereocenters. The van der Waals surface area contributed by atoms with Gasteiger partial charge in [-0.1, -0.05) is 23.7 Å². The van der Waals surface area contributed by atoms with Gasteiger partial charge in [0.25, 0.3) is 0 Å². The molecule has 0 radical (unpaired) electrons.